The van der Waals surface area contributed by atoms with Crippen LogP contribution in [-0.2, 0) is 14.3 Å². The van der Waals surface area contributed by atoms with Gasteiger partial charge < -0.3 is 19.2 Å². The van der Waals surface area contributed by atoms with Gasteiger partial charge in [-0.1, -0.05) is 48.5 Å². The number of fused-ring (bicyclic) bond motifs is 3. The molecule has 4 rings (SSSR count). The van der Waals surface area contributed by atoms with Crippen LogP contribution >= 0.6 is 0 Å². The van der Waals surface area contributed by atoms with E-state index in [-0.39, 0.29) is 18.6 Å². The molecule has 0 unspecified atom stereocenters. The molecule has 0 atom stereocenters. The molecule has 3 aromatic carbocycles. The second kappa shape index (κ2) is 9.34. The average molecular weight is 431 g/mol. The van der Waals surface area contributed by atoms with Gasteiger partial charge in [-0.2, -0.15) is 0 Å². The van der Waals surface area contributed by atoms with Crippen LogP contribution in [0, 0.1) is 0 Å². The van der Waals surface area contributed by atoms with E-state index >= 15 is 0 Å². The number of furan rings is 1. The number of methoxy groups -OCH3 is 1. The molecule has 0 aliphatic heterocycles. The SMILES string of the molecule is COc1cc2c(cc1NC(=O)COC(=O)CCC(=O)c1ccccc1)oc1ccccc12. The second-order valence-electron chi connectivity index (χ2n) is 7.14. The Balaban J connectivity index is 1.35. The number of ether oxygens (including phenoxy) is 2. The lowest BCUT2D eigenvalue weighted by Crippen LogP contribution is -2.21. The third-order valence-electron chi connectivity index (χ3n) is 4.99. The standard InChI is InChI=1S/C25H21NO6/c1-30-23-13-18-17-9-5-6-10-21(17)32-22(18)14-19(23)26-24(28)15-31-25(29)12-11-20(27)16-7-3-2-4-8-16/h2-10,13-14H,11-12,15H2,1H3,(H,26,28). The molecule has 4 aromatic rings. The topological polar surface area (TPSA) is 94.8 Å². The molecule has 1 N–H and O–H groups in total. The minimum atomic E-state index is -0.621. The number of nitrogens with one attached hydrogen (secondary N) is 1. The van der Waals surface area contributed by atoms with Crippen LogP contribution in [0.3, 0.4) is 0 Å². The van der Waals surface area contributed by atoms with Crippen LogP contribution in [0.4, 0.5) is 5.69 Å². The molecule has 0 aliphatic rings. The number of carbonyl (C=O) groups is 3. The molecule has 1 aromatic heterocycles. The monoisotopic (exact) mass is 431 g/mol. The lowest BCUT2D eigenvalue weighted by Gasteiger charge is -2.10. The Hall–Kier alpha value is -4.13. The molecule has 7 nitrogen and oxygen atoms in total. The summed E-state index contributed by atoms with van der Waals surface area (Å²) in [5.41, 5.74) is 2.26. The molecular weight excluding hydrogens is 410 g/mol. The van der Waals surface area contributed by atoms with Gasteiger partial charge in [0.25, 0.3) is 5.91 Å². The van der Waals surface area contributed by atoms with Gasteiger partial charge in [-0.15, -0.1) is 0 Å². The summed E-state index contributed by atoms with van der Waals surface area (Å²) in [5.74, 6) is -0.848. The molecule has 162 valence electrons. The molecule has 1 amide bonds. The van der Waals surface area contributed by atoms with Crippen LogP contribution in [0.25, 0.3) is 21.9 Å². The van der Waals surface area contributed by atoms with Gasteiger partial charge >= 0.3 is 5.97 Å². The largest absolute Gasteiger partial charge is 0.495 e. The number of amides is 1. The van der Waals surface area contributed by atoms with Crippen molar-refractivity contribution in [1.82, 2.24) is 0 Å². The predicted molar refractivity (Wildman–Crippen MR) is 120 cm³/mol. The summed E-state index contributed by atoms with van der Waals surface area (Å²) in [6.45, 7) is -0.473. The van der Waals surface area contributed by atoms with E-state index < -0.39 is 18.5 Å². The highest BCUT2D eigenvalue weighted by atomic mass is 16.5. The third kappa shape index (κ3) is 4.62. The summed E-state index contributed by atoms with van der Waals surface area (Å²) >= 11 is 0. The number of carbonyl (C=O) groups excluding carboxylic acids is 3. The Morgan fingerprint density at radius 2 is 1.62 bits per heavy atom. The maximum atomic E-state index is 12.3. The van der Waals surface area contributed by atoms with Crippen molar-refractivity contribution in [3.63, 3.8) is 0 Å². The minimum Gasteiger partial charge on any atom is -0.495 e. The molecule has 32 heavy (non-hydrogen) atoms. The second-order valence-corrected chi connectivity index (χ2v) is 7.14. The number of rotatable bonds is 8. The molecule has 7 heteroatoms. The Bertz CT molecular complexity index is 1290. The number of para-hydroxylation sites is 1. The highest BCUT2D eigenvalue weighted by Gasteiger charge is 2.16. The van der Waals surface area contributed by atoms with Crippen molar-refractivity contribution in [3.8, 4) is 5.75 Å². The molecule has 0 saturated carbocycles. The highest BCUT2D eigenvalue weighted by molar-refractivity contribution is 6.08. The maximum Gasteiger partial charge on any atom is 0.306 e. The van der Waals surface area contributed by atoms with Crippen LogP contribution in [0.15, 0.2) is 71.1 Å². The van der Waals surface area contributed by atoms with Gasteiger partial charge in [0.1, 0.15) is 16.9 Å². The summed E-state index contributed by atoms with van der Waals surface area (Å²) in [6, 6.07) is 19.8. The highest BCUT2D eigenvalue weighted by Crippen LogP contribution is 2.36. The fraction of sp³-hybridized carbons (Fsp3) is 0.160. The van der Waals surface area contributed by atoms with Gasteiger partial charge in [-0.05, 0) is 12.1 Å². The van der Waals surface area contributed by atoms with Gasteiger partial charge in [0.15, 0.2) is 12.4 Å². The lowest BCUT2D eigenvalue weighted by atomic mass is 10.1. The number of Topliss-reactive ketones (excluding diaryl/α,β-unsaturated/α-hetero) is 1. The van der Waals surface area contributed by atoms with Crippen LogP contribution < -0.4 is 10.1 Å². The fourth-order valence-electron chi connectivity index (χ4n) is 3.41. The van der Waals surface area contributed by atoms with E-state index in [1.54, 1.807) is 36.4 Å². The van der Waals surface area contributed by atoms with E-state index in [1.165, 1.54) is 7.11 Å². The minimum absolute atomic E-state index is 0.0149. The molecular formula is C25H21NO6. The van der Waals surface area contributed by atoms with Gasteiger partial charge in [-0.25, -0.2) is 0 Å². The smallest absolute Gasteiger partial charge is 0.306 e. The predicted octanol–water partition coefficient (Wildman–Crippen LogP) is 4.74. The van der Waals surface area contributed by atoms with Crippen molar-refractivity contribution in [2.24, 2.45) is 0 Å². The summed E-state index contributed by atoms with van der Waals surface area (Å²) in [6.07, 6.45) is -0.0870. The molecule has 0 aliphatic carbocycles. The molecule has 0 saturated heterocycles. The molecule has 1 heterocycles. The Morgan fingerprint density at radius 1 is 0.875 bits per heavy atom. The summed E-state index contributed by atoms with van der Waals surface area (Å²) < 4.78 is 16.2. The van der Waals surface area contributed by atoms with Crippen molar-refractivity contribution in [2.45, 2.75) is 12.8 Å². The van der Waals surface area contributed by atoms with Crippen LogP contribution in [0.2, 0.25) is 0 Å². The van der Waals surface area contributed by atoms with Crippen LogP contribution in [0.1, 0.15) is 23.2 Å². The number of ketones is 1. The first-order chi connectivity index (χ1) is 15.5. The molecule has 0 bridgehead atoms. The van der Waals surface area contributed by atoms with E-state index in [0.29, 0.717) is 22.6 Å². The Morgan fingerprint density at radius 3 is 2.41 bits per heavy atom. The van der Waals surface area contributed by atoms with Gasteiger partial charge in [0.05, 0.1) is 19.2 Å². The summed E-state index contributed by atoms with van der Waals surface area (Å²) in [4.78, 5) is 36.3. The third-order valence-corrected chi connectivity index (χ3v) is 4.99. The zero-order chi connectivity index (χ0) is 22.5. The Labute approximate surface area is 183 Å². The number of anilines is 1. The van der Waals surface area contributed by atoms with Crippen molar-refractivity contribution in [3.05, 3.63) is 72.3 Å². The van der Waals surface area contributed by atoms with E-state index in [4.69, 9.17) is 13.9 Å². The number of hydrogen-bond donors (Lipinski definition) is 1. The lowest BCUT2D eigenvalue weighted by molar-refractivity contribution is -0.147. The van der Waals surface area contributed by atoms with E-state index in [2.05, 4.69) is 5.32 Å². The van der Waals surface area contributed by atoms with E-state index in [0.717, 1.165) is 16.4 Å². The average Bonchev–Trinajstić information content (AvgIpc) is 3.18. The zero-order valence-corrected chi connectivity index (χ0v) is 17.4. The zero-order valence-electron chi connectivity index (χ0n) is 17.4. The normalized spacial score (nSPS) is 10.8. The van der Waals surface area contributed by atoms with Crippen LogP contribution in [0.5, 0.6) is 5.75 Å². The molecule has 0 radical (unpaired) electrons. The first-order valence-electron chi connectivity index (χ1n) is 10.1. The van der Waals surface area contributed by atoms with Gasteiger partial charge in [0, 0.05) is 28.8 Å². The maximum absolute atomic E-state index is 12.3. The van der Waals surface area contributed by atoms with Crippen molar-refractivity contribution in [1.29, 1.82) is 0 Å². The molecule has 0 spiro atoms. The number of esters is 1. The Kier molecular flexibility index (Phi) is 6.17. The fourth-order valence-corrected chi connectivity index (χ4v) is 3.41. The van der Waals surface area contributed by atoms with Crippen molar-refractivity contribution in [2.75, 3.05) is 19.0 Å². The van der Waals surface area contributed by atoms with Gasteiger partial charge in [-0.3, -0.25) is 14.4 Å². The van der Waals surface area contributed by atoms with Crippen molar-refractivity contribution >= 4 is 45.3 Å². The van der Waals surface area contributed by atoms with Crippen molar-refractivity contribution < 1.29 is 28.3 Å². The summed E-state index contributed by atoms with van der Waals surface area (Å²) in [5, 5.41) is 4.48. The van der Waals surface area contributed by atoms with E-state index in [9.17, 15) is 14.4 Å². The van der Waals surface area contributed by atoms with E-state index in [1.807, 2.05) is 30.3 Å². The first kappa shape index (κ1) is 21.1. The number of hydrogen-bond acceptors (Lipinski definition) is 6. The first-order valence-corrected chi connectivity index (χ1v) is 10.1. The number of benzene rings is 3. The summed E-state index contributed by atoms with van der Waals surface area (Å²) in [7, 11) is 1.50. The van der Waals surface area contributed by atoms with Gasteiger partial charge in [0.2, 0.25) is 0 Å². The quantitative estimate of drug-likeness (QED) is 0.320. The molecule has 0 fully saturated rings. The van der Waals surface area contributed by atoms with Crippen LogP contribution in [-0.4, -0.2) is 31.4 Å².